The van der Waals surface area contributed by atoms with Gasteiger partial charge in [0.05, 0.1) is 6.20 Å². The first-order valence-electron chi connectivity index (χ1n) is 5.11. The van der Waals surface area contributed by atoms with Crippen molar-refractivity contribution in [2.75, 3.05) is 0 Å². The van der Waals surface area contributed by atoms with Gasteiger partial charge in [0.25, 0.3) is 0 Å². The Kier molecular flexibility index (Phi) is 2.60. The third-order valence-electron chi connectivity index (χ3n) is 2.69. The van der Waals surface area contributed by atoms with Crippen LogP contribution in [0.1, 0.15) is 23.4 Å². The number of hydrogen-bond acceptors (Lipinski definition) is 3. The third-order valence-corrected chi connectivity index (χ3v) is 2.69. The summed E-state index contributed by atoms with van der Waals surface area (Å²) in [6.45, 7) is 3.84. The first kappa shape index (κ1) is 10.6. The lowest BCUT2D eigenvalue weighted by Gasteiger charge is -2.09. The van der Waals surface area contributed by atoms with Crippen molar-refractivity contribution in [3.63, 3.8) is 0 Å². The molecule has 0 atom stereocenters. The number of nitrogens with zero attached hydrogens (tertiary/aromatic N) is 3. The van der Waals surface area contributed by atoms with Crippen molar-refractivity contribution in [2.45, 2.75) is 26.7 Å². The molecule has 0 unspecified atom stereocenters. The Labute approximate surface area is 92.7 Å². The van der Waals surface area contributed by atoms with Gasteiger partial charge >= 0.3 is 5.97 Å². The van der Waals surface area contributed by atoms with Crippen LogP contribution in [0.3, 0.4) is 0 Å². The quantitative estimate of drug-likeness (QED) is 0.846. The summed E-state index contributed by atoms with van der Waals surface area (Å²) in [5.41, 5.74) is 3.62. The fourth-order valence-corrected chi connectivity index (χ4v) is 1.86. The van der Waals surface area contributed by atoms with Crippen molar-refractivity contribution in [1.29, 1.82) is 0 Å². The summed E-state index contributed by atoms with van der Waals surface area (Å²) >= 11 is 0. The van der Waals surface area contributed by atoms with Crippen molar-refractivity contribution in [3.8, 4) is 0 Å². The average Bonchev–Trinajstić information content (AvgIpc) is 2.64. The van der Waals surface area contributed by atoms with Gasteiger partial charge in [0.2, 0.25) is 0 Å². The Morgan fingerprint density at radius 3 is 2.94 bits per heavy atom. The van der Waals surface area contributed by atoms with Crippen LogP contribution in [0.25, 0.3) is 5.65 Å². The number of aromatic nitrogens is 3. The molecule has 16 heavy (non-hydrogen) atoms. The summed E-state index contributed by atoms with van der Waals surface area (Å²) in [4.78, 5) is 14.9. The van der Waals surface area contributed by atoms with Crippen LogP contribution in [0.5, 0.6) is 0 Å². The van der Waals surface area contributed by atoms with Gasteiger partial charge in [0, 0.05) is 23.9 Å². The van der Waals surface area contributed by atoms with Crippen LogP contribution in [-0.4, -0.2) is 25.7 Å². The maximum absolute atomic E-state index is 10.6. The van der Waals surface area contributed by atoms with Crippen LogP contribution in [0, 0.1) is 13.8 Å². The van der Waals surface area contributed by atoms with E-state index >= 15 is 0 Å². The van der Waals surface area contributed by atoms with Gasteiger partial charge in [-0.15, -0.1) is 0 Å². The number of aryl methyl sites for hydroxylation is 2. The molecule has 2 rings (SSSR count). The van der Waals surface area contributed by atoms with Crippen LogP contribution in [0.2, 0.25) is 0 Å². The highest BCUT2D eigenvalue weighted by molar-refractivity contribution is 5.67. The number of hydrogen-bond donors (Lipinski definition) is 1. The minimum absolute atomic E-state index is 0.121. The van der Waals surface area contributed by atoms with Gasteiger partial charge in [-0.1, -0.05) is 0 Å². The van der Waals surface area contributed by atoms with Crippen LogP contribution in [-0.2, 0) is 11.2 Å². The molecule has 0 saturated heterocycles. The predicted molar refractivity (Wildman–Crippen MR) is 58.4 cm³/mol. The molecule has 0 fully saturated rings. The molecular formula is C11H13N3O2. The number of fused-ring (bicyclic) bond motifs is 1. The lowest BCUT2D eigenvalue weighted by atomic mass is 10.1. The molecule has 0 radical (unpaired) electrons. The zero-order chi connectivity index (χ0) is 11.7. The van der Waals surface area contributed by atoms with Gasteiger partial charge in [-0.2, -0.15) is 5.10 Å². The third kappa shape index (κ3) is 1.76. The standard InChI is InChI=1S/C11H13N3O2/c1-7-9(3-4-11(15)16)8(2)14-10(13-7)5-6-12-14/h5-6H,3-4H2,1-2H3,(H,15,16). The second-order valence-corrected chi connectivity index (χ2v) is 3.76. The van der Waals surface area contributed by atoms with Gasteiger partial charge in [0.15, 0.2) is 5.65 Å². The van der Waals surface area contributed by atoms with Crippen molar-refractivity contribution >= 4 is 11.6 Å². The van der Waals surface area contributed by atoms with Crippen LogP contribution in [0.15, 0.2) is 12.3 Å². The normalized spacial score (nSPS) is 10.9. The molecule has 5 heteroatoms. The van der Waals surface area contributed by atoms with Crippen LogP contribution >= 0.6 is 0 Å². The zero-order valence-electron chi connectivity index (χ0n) is 9.27. The molecule has 0 bridgehead atoms. The fraction of sp³-hybridized carbons (Fsp3) is 0.364. The smallest absolute Gasteiger partial charge is 0.303 e. The highest BCUT2D eigenvalue weighted by Gasteiger charge is 2.10. The minimum Gasteiger partial charge on any atom is -0.481 e. The largest absolute Gasteiger partial charge is 0.481 e. The highest BCUT2D eigenvalue weighted by atomic mass is 16.4. The molecule has 0 aliphatic heterocycles. The highest BCUT2D eigenvalue weighted by Crippen LogP contribution is 2.15. The molecule has 84 valence electrons. The first-order chi connectivity index (χ1) is 7.59. The van der Waals surface area contributed by atoms with E-state index in [0.717, 1.165) is 22.6 Å². The molecular weight excluding hydrogens is 206 g/mol. The molecule has 0 aliphatic rings. The second kappa shape index (κ2) is 3.92. The van der Waals surface area contributed by atoms with Gasteiger partial charge in [-0.3, -0.25) is 4.79 Å². The Morgan fingerprint density at radius 1 is 1.50 bits per heavy atom. The van der Waals surface area contributed by atoms with Gasteiger partial charge in [0.1, 0.15) is 0 Å². The van der Waals surface area contributed by atoms with Crippen LogP contribution < -0.4 is 0 Å². The molecule has 1 N–H and O–H groups in total. The SMILES string of the molecule is Cc1nc2ccnn2c(C)c1CCC(=O)O. The van der Waals surface area contributed by atoms with Crippen molar-refractivity contribution in [2.24, 2.45) is 0 Å². The Balaban J connectivity index is 2.46. The number of carbonyl (C=O) groups is 1. The first-order valence-corrected chi connectivity index (χ1v) is 5.11. The molecule has 0 aromatic carbocycles. The van der Waals surface area contributed by atoms with E-state index in [0.29, 0.717) is 6.42 Å². The Hall–Kier alpha value is -1.91. The van der Waals surface area contributed by atoms with Gasteiger partial charge < -0.3 is 5.11 Å². The number of aliphatic carboxylic acids is 1. The summed E-state index contributed by atoms with van der Waals surface area (Å²) in [5.74, 6) is -0.792. The number of rotatable bonds is 3. The summed E-state index contributed by atoms with van der Waals surface area (Å²) in [7, 11) is 0. The lowest BCUT2D eigenvalue weighted by molar-refractivity contribution is -0.136. The Morgan fingerprint density at radius 2 is 2.25 bits per heavy atom. The Bertz CT molecular complexity index is 545. The summed E-state index contributed by atoms with van der Waals surface area (Å²) in [5, 5.41) is 12.8. The van der Waals surface area contributed by atoms with E-state index in [4.69, 9.17) is 5.11 Å². The van der Waals surface area contributed by atoms with E-state index in [1.807, 2.05) is 19.9 Å². The van der Waals surface area contributed by atoms with Crippen molar-refractivity contribution in [3.05, 3.63) is 29.2 Å². The molecule has 2 heterocycles. The molecule has 0 spiro atoms. The molecule has 0 aliphatic carbocycles. The minimum atomic E-state index is -0.792. The monoisotopic (exact) mass is 219 g/mol. The second-order valence-electron chi connectivity index (χ2n) is 3.76. The van der Waals surface area contributed by atoms with Gasteiger partial charge in [-0.05, 0) is 25.8 Å². The fourth-order valence-electron chi connectivity index (χ4n) is 1.86. The number of carboxylic acid groups (broad SMARTS) is 1. The van der Waals surface area contributed by atoms with E-state index in [2.05, 4.69) is 10.1 Å². The van der Waals surface area contributed by atoms with Crippen molar-refractivity contribution in [1.82, 2.24) is 14.6 Å². The van der Waals surface area contributed by atoms with E-state index in [1.165, 1.54) is 0 Å². The maximum atomic E-state index is 10.6. The molecule has 5 nitrogen and oxygen atoms in total. The zero-order valence-corrected chi connectivity index (χ0v) is 9.27. The van der Waals surface area contributed by atoms with Crippen LogP contribution in [0.4, 0.5) is 0 Å². The lowest BCUT2D eigenvalue weighted by Crippen LogP contribution is -2.07. The van der Waals surface area contributed by atoms with E-state index < -0.39 is 5.97 Å². The molecule has 2 aromatic heterocycles. The summed E-state index contributed by atoms with van der Waals surface area (Å²) in [6.07, 6.45) is 2.31. The van der Waals surface area contributed by atoms with Crippen molar-refractivity contribution < 1.29 is 9.90 Å². The molecule has 0 saturated carbocycles. The van der Waals surface area contributed by atoms with E-state index in [9.17, 15) is 4.79 Å². The maximum Gasteiger partial charge on any atom is 0.303 e. The average molecular weight is 219 g/mol. The predicted octanol–water partition coefficient (Wildman–Crippen LogP) is 1.36. The summed E-state index contributed by atoms with van der Waals surface area (Å²) < 4.78 is 1.74. The van der Waals surface area contributed by atoms with E-state index in [-0.39, 0.29) is 6.42 Å². The summed E-state index contributed by atoms with van der Waals surface area (Å²) in [6, 6.07) is 1.83. The molecule has 2 aromatic rings. The van der Waals surface area contributed by atoms with E-state index in [1.54, 1.807) is 10.7 Å². The van der Waals surface area contributed by atoms with Gasteiger partial charge in [-0.25, -0.2) is 9.50 Å². The molecule has 0 amide bonds. The topological polar surface area (TPSA) is 67.5 Å². The number of carboxylic acids is 1.